The number of carbonyl (C=O) groups is 2. The molecule has 1 N–H and O–H groups in total. The second-order valence-corrected chi connectivity index (χ2v) is 7.48. The van der Waals surface area contributed by atoms with Gasteiger partial charge in [0.25, 0.3) is 5.91 Å². The van der Waals surface area contributed by atoms with Gasteiger partial charge >= 0.3 is 6.18 Å². The first-order valence-corrected chi connectivity index (χ1v) is 9.50. The number of likely N-dealkylation sites (tertiary alicyclic amines) is 1. The largest absolute Gasteiger partial charge is 0.416 e. The van der Waals surface area contributed by atoms with E-state index in [2.05, 4.69) is 5.32 Å². The SMILES string of the molecule is Cc1ccc(NC(=O)C2CCCN(C(=O)c3cccc(C(F)(F)F)c3)C2)c(C)c1. The number of nitrogens with zero attached hydrogens (tertiary/aromatic N) is 1. The zero-order valence-electron chi connectivity index (χ0n) is 16.3. The van der Waals surface area contributed by atoms with Crippen molar-refractivity contribution >= 4 is 17.5 Å². The van der Waals surface area contributed by atoms with Crippen molar-refractivity contribution in [2.45, 2.75) is 32.9 Å². The van der Waals surface area contributed by atoms with E-state index in [-0.39, 0.29) is 18.0 Å². The summed E-state index contributed by atoms with van der Waals surface area (Å²) < 4.78 is 38.8. The molecule has 0 aliphatic carbocycles. The molecule has 7 heteroatoms. The number of carbonyl (C=O) groups excluding carboxylic acids is 2. The van der Waals surface area contributed by atoms with E-state index in [0.29, 0.717) is 19.4 Å². The van der Waals surface area contributed by atoms with Crippen LogP contribution in [0.5, 0.6) is 0 Å². The van der Waals surface area contributed by atoms with Crippen molar-refractivity contribution in [3.8, 4) is 0 Å². The fraction of sp³-hybridized carbons (Fsp3) is 0.364. The second kappa shape index (κ2) is 8.27. The molecule has 1 aliphatic heterocycles. The van der Waals surface area contributed by atoms with Crippen LogP contribution in [0.15, 0.2) is 42.5 Å². The number of amides is 2. The third-order valence-corrected chi connectivity index (χ3v) is 5.16. The van der Waals surface area contributed by atoms with E-state index >= 15 is 0 Å². The van der Waals surface area contributed by atoms with Crippen LogP contribution < -0.4 is 5.32 Å². The molecule has 1 fully saturated rings. The highest BCUT2D eigenvalue weighted by Crippen LogP contribution is 2.30. The maximum absolute atomic E-state index is 12.9. The molecule has 0 radical (unpaired) electrons. The fourth-order valence-corrected chi connectivity index (χ4v) is 3.58. The Bertz CT molecular complexity index is 925. The van der Waals surface area contributed by atoms with Gasteiger partial charge < -0.3 is 10.2 Å². The van der Waals surface area contributed by atoms with Gasteiger partial charge in [0.15, 0.2) is 0 Å². The summed E-state index contributed by atoms with van der Waals surface area (Å²) in [4.78, 5) is 26.9. The average molecular weight is 404 g/mol. The predicted molar refractivity (Wildman–Crippen MR) is 105 cm³/mol. The molecule has 2 amide bonds. The third kappa shape index (κ3) is 4.96. The Balaban J connectivity index is 1.70. The van der Waals surface area contributed by atoms with Crippen molar-refractivity contribution in [2.75, 3.05) is 18.4 Å². The predicted octanol–water partition coefficient (Wildman–Crippen LogP) is 4.81. The average Bonchev–Trinajstić information content (AvgIpc) is 2.69. The van der Waals surface area contributed by atoms with Crippen LogP contribution in [0.3, 0.4) is 0 Å². The number of rotatable bonds is 3. The molecule has 0 saturated carbocycles. The Kier molecular flexibility index (Phi) is 5.96. The molecule has 4 nitrogen and oxygen atoms in total. The van der Waals surface area contributed by atoms with Gasteiger partial charge in [0.2, 0.25) is 5.91 Å². The molecule has 0 aromatic heterocycles. The lowest BCUT2D eigenvalue weighted by atomic mass is 9.96. The second-order valence-electron chi connectivity index (χ2n) is 7.48. The van der Waals surface area contributed by atoms with E-state index < -0.39 is 23.6 Å². The van der Waals surface area contributed by atoms with Crippen molar-refractivity contribution < 1.29 is 22.8 Å². The normalized spacial score (nSPS) is 17.1. The van der Waals surface area contributed by atoms with Crippen LogP contribution >= 0.6 is 0 Å². The zero-order chi connectivity index (χ0) is 21.2. The topological polar surface area (TPSA) is 49.4 Å². The number of halogens is 3. The Morgan fingerprint density at radius 1 is 1.10 bits per heavy atom. The van der Waals surface area contributed by atoms with Gasteiger partial charge in [0, 0.05) is 24.3 Å². The van der Waals surface area contributed by atoms with Crippen LogP contribution in [0.1, 0.15) is 39.9 Å². The van der Waals surface area contributed by atoms with Gasteiger partial charge in [-0.25, -0.2) is 0 Å². The van der Waals surface area contributed by atoms with Crippen LogP contribution in [0.4, 0.5) is 18.9 Å². The molecule has 0 spiro atoms. The minimum absolute atomic E-state index is 0.0183. The summed E-state index contributed by atoms with van der Waals surface area (Å²) in [5, 5.41) is 2.91. The summed E-state index contributed by atoms with van der Waals surface area (Å²) >= 11 is 0. The quantitative estimate of drug-likeness (QED) is 0.798. The number of piperidine rings is 1. The van der Waals surface area contributed by atoms with Crippen LogP contribution in [0, 0.1) is 19.8 Å². The molecule has 2 aromatic rings. The Morgan fingerprint density at radius 2 is 1.86 bits per heavy atom. The summed E-state index contributed by atoms with van der Waals surface area (Å²) in [6.45, 7) is 4.48. The number of hydrogen-bond donors (Lipinski definition) is 1. The van der Waals surface area contributed by atoms with E-state index in [0.717, 1.165) is 28.9 Å². The summed E-state index contributed by atoms with van der Waals surface area (Å²) in [6.07, 6.45) is -3.26. The summed E-state index contributed by atoms with van der Waals surface area (Å²) in [6, 6.07) is 10.1. The molecular formula is C22H23F3N2O2. The molecule has 0 bridgehead atoms. The molecule has 1 unspecified atom stereocenters. The molecule has 1 heterocycles. The number of hydrogen-bond acceptors (Lipinski definition) is 2. The van der Waals surface area contributed by atoms with Crippen LogP contribution in [-0.2, 0) is 11.0 Å². The van der Waals surface area contributed by atoms with E-state index in [1.165, 1.54) is 17.0 Å². The molecule has 29 heavy (non-hydrogen) atoms. The number of nitrogens with one attached hydrogen (secondary N) is 1. The highest BCUT2D eigenvalue weighted by Gasteiger charge is 2.33. The molecule has 1 atom stereocenters. The highest BCUT2D eigenvalue weighted by atomic mass is 19.4. The first-order chi connectivity index (χ1) is 13.6. The van der Waals surface area contributed by atoms with Gasteiger partial charge in [-0.2, -0.15) is 13.2 Å². The lowest BCUT2D eigenvalue weighted by Gasteiger charge is -2.32. The fourth-order valence-electron chi connectivity index (χ4n) is 3.58. The monoisotopic (exact) mass is 404 g/mol. The lowest BCUT2D eigenvalue weighted by molar-refractivity contribution is -0.137. The summed E-state index contributed by atoms with van der Waals surface area (Å²) in [5.41, 5.74) is 1.89. The van der Waals surface area contributed by atoms with Gasteiger partial charge in [-0.05, 0) is 56.5 Å². The van der Waals surface area contributed by atoms with Gasteiger partial charge in [0.05, 0.1) is 11.5 Å². The standard InChI is InChI=1S/C22H23F3N2O2/c1-14-8-9-19(15(2)11-14)26-20(28)17-6-4-10-27(13-17)21(29)16-5-3-7-18(12-16)22(23,24)25/h3,5,7-9,11-12,17H,4,6,10,13H2,1-2H3,(H,26,28). The van der Waals surface area contributed by atoms with E-state index in [1.54, 1.807) is 0 Å². The van der Waals surface area contributed by atoms with E-state index in [9.17, 15) is 22.8 Å². The van der Waals surface area contributed by atoms with Gasteiger partial charge in [-0.15, -0.1) is 0 Å². The Morgan fingerprint density at radius 3 is 2.55 bits per heavy atom. The first kappa shape index (κ1) is 20.9. The summed E-state index contributed by atoms with van der Waals surface area (Å²) in [5.74, 6) is -1.07. The van der Waals surface area contributed by atoms with E-state index in [1.807, 2.05) is 32.0 Å². The molecule has 1 saturated heterocycles. The van der Waals surface area contributed by atoms with Crippen LogP contribution in [0.25, 0.3) is 0 Å². The van der Waals surface area contributed by atoms with Gasteiger partial charge in [-0.3, -0.25) is 9.59 Å². The van der Waals surface area contributed by atoms with Crippen molar-refractivity contribution in [3.63, 3.8) is 0 Å². The van der Waals surface area contributed by atoms with Crippen LogP contribution in [0.2, 0.25) is 0 Å². The molecule has 1 aliphatic rings. The minimum Gasteiger partial charge on any atom is -0.338 e. The van der Waals surface area contributed by atoms with Gasteiger partial charge in [-0.1, -0.05) is 23.8 Å². The lowest BCUT2D eigenvalue weighted by Crippen LogP contribution is -2.43. The maximum atomic E-state index is 12.9. The molecular weight excluding hydrogens is 381 g/mol. The molecule has 3 rings (SSSR count). The Labute approximate surface area is 167 Å². The minimum atomic E-state index is -4.51. The smallest absolute Gasteiger partial charge is 0.338 e. The third-order valence-electron chi connectivity index (χ3n) is 5.16. The van der Waals surface area contributed by atoms with E-state index in [4.69, 9.17) is 0 Å². The van der Waals surface area contributed by atoms with Crippen LogP contribution in [-0.4, -0.2) is 29.8 Å². The number of alkyl halides is 3. The first-order valence-electron chi connectivity index (χ1n) is 9.50. The van der Waals surface area contributed by atoms with Crippen molar-refractivity contribution in [3.05, 3.63) is 64.7 Å². The Hall–Kier alpha value is -2.83. The number of benzene rings is 2. The maximum Gasteiger partial charge on any atom is 0.416 e. The summed E-state index contributed by atoms with van der Waals surface area (Å²) in [7, 11) is 0. The van der Waals surface area contributed by atoms with Gasteiger partial charge in [0.1, 0.15) is 0 Å². The van der Waals surface area contributed by atoms with Crippen molar-refractivity contribution in [2.24, 2.45) is 5.92 Å². The number of aryl methyl sites for hydroxylation is 2. The van der Waals surface area contributed by atoms with Crippen molar-refractivity contribution in [1.29, 1.82) is 0 Å². The van der Waals surface area contributed by atoms with Crippen molar-refractivity contribution in [1.82, 2.24) is 4.90 Å². The highest BCUT2D eigenvalue weighted by molar-refractivity contribution is 5.96. The zero-order valence-corrected chi connectivity index (χ0v) is 16.3. The molecule has 2 aromatic carbocycles. The molecule has 154 valence electrons. The number of anilines is 1.